The fourth-order valence-corrected chi connectivity index (χ4v) is 3.42. The molecule has 0 saturated carbocycles. The van der Waals surface area contributed by atoms with Gasteiger partial charge >= 0.3 is 5.97 Å². The molecule has 0 aliphatic heterocycles. The maximum absolute atomic E-state index is 11.3. The average Bonchev–Trinajstić information content (AvgIpc) is 2.85. The molecule has 2 aromatic rings. The maximum atomic E-state index is 11.3. The van der Waals surface area contributed by atoms with Crippen LogP contribution in [0.5, 0.6) is 5.75 Å². The van der Waals surface area contributed by atoms with Crippen molar-refractivity contribution >= 4 is 11.5 Å². The number of carbonyl (C=O) groups is 1. The Morgan fingerprint density at radius 1 is 1.10 bits per heavy atom. The first-order valence-electron chi connectivity index (χ1n) is 10.1. The van der Waals surface area contributed by atoms with Gasteiger partial charge in [-0.15, -0.1) is 0 Å². The molecule has 0 amide bonds. The van der Waals surface area contributed by atoms with Gasteiger partial charge in [0, 0.05) is 6.42 Å². The number of rotatable bonds is 6. The number of benzene rings is 2. The monoisotopic (exact) mass is 388 g/mol. The SMILES string of the molecule is C=C1/C=C\C=C(\c2ccccc2)CCCC1Oc1ccc(CCC(=O)OC)cc1. The minimum atomic E-state index is -0.192. The van der Waals surface area contributed by atoms with E-state index in [0.717, 1.165) is 36.1 Å². The third kappa shape index (κ3) is 6.21. The molecule has 0 N–H and O–H groups in total. The highest BCUT2D eigenvalue weighted by Crippen LogP contribution is 2.26. The molecule has 1 unspecified atom stereocenters. The standard InChI is InChI=1S/C26H28O3/c1-20-8-6-11-23(22-9-4-3-5-10-22)12-7-13-25(20)29-24-17-14-21(15-18-24)16-19-26(27)28-2/h3-6,8-11,14-15,17-18,25H,1,7,12-13,16,19H2,2H3/b8-6-,23-11+. The summed E-state index contributed by atoms with van der Waals surface area (Å²) in [6, 6.07) is 18.4. The quantitative estimate of drug-likeness (QED) is 0.576. The molecule has 0 heterocycles. The second-order valence-corrected chi connectivity index (χ2v) is 7.21. The second-order valence-electron chi connectivity index (χ2n) is 7.21. The van der Waals surface area contributed by atoms with Gasteiger partial charge in [-0.2, -0.15) is 0 Å². The summed E-state index contributed by atoms with van der Waals surface area (Å²) in [4.78, 5) is 11.3. The van der Waals surface area contributed by atoms with Crippen LogP contribution in [0.2, 0.25) is 0 Å². The fourth-order valence-electron chi connectivity index (χ4n) is 3.42. The van der Waals surface area contributed by atoms with Gasteiger partial charge < -0.3 is 9.47 Å². The number of aryl methyl sites for hydroxylation is 1. The Bertz CT molecular complexity index is 876. The lowest BCUT2D eigenvalue weighted by Crippen LogP contribution is -2.18. The molecule has 150 valence electrons. The topological polar surface area (TPSA) is 35.5 Å². The van der Waals surface area contributed by atoms with Crippen LogP contribution in [0, 0.1) is 0 Å². The number of esters is 1. The summed E-state index contributed by atoms with van der Waals surface area (Å²) >= 11 is 0. The molecule has 1 atom stereocenters. The van der Waals surface area contributed by atoms with E-state index in [1.54, 1.807) is 0 Å². The third-order valence-electron chi connectivity index (χ3n) is 5.13. The molecule has 3 nitrogen and oxygen atoms in total. The molecular weight excluding hydrogens is 360 g/mol. The van der Waals surface area contributed by atoms with Gasteiger partial charge in [0.15, 0.2) is 0 Å². The normalized spacial score (nSPS) is 19.8. The molecule has 0 aromatic heterocycles. The lowest BCUT2D eigenvalue weighted by molar-refractivity contribution is -0.140. The Morgan fingerprint density at radius 2 is 1.86 bits per heavy atom. The molecular formula is C26H28O3. The number of methoxy groups -OCH3 is 1. The first-order chi connectivity index (χ1) is 14.2. The zero-order valence-electron chi connectivity index (χ0n) is 17.0. The van der Waals surface area contributed by atoms with E-state index in [9.17, 15) is 4.79 Å². The van der Waals surface area contributed by atoms with Crippen LogP contribution in [0.1, 0.15) is 36.8 Å². The Morgan fingerprint density at radius 3 is 2.59 bits per heavy atom. The van der Waals surface area contributed by atoms with Crippen LogP contribution in [0.4, 0.5) is 0 Å². The minimum absolute atomic E-state index is 0.0457. The zero-order valence-corrected chi connectivity index (χ0v) is 17.0. The van der Waals surface area contributed by atoms with E-state index < -0.39 is 0 Å². The number of allylic oxidation sites excluding steroid dienone is 3. The van der Waals surface area contributed by atoms with Crippen LogP contribution >= 0.6 is 0 Å². The Kier molecular flexibility index (Phi) is 7.46. The molecule has 3 heteroatoms. The van der Waals surface area contributed by atoms with Crippen molar-refractivity contribution in [1.29, 1.82) is 0 Å². The molecule has 29 heavy (non-hydrogen) atoms. The van der Waals surface area contributed by atoms with Crippen LogP contribution in [0.25, 0.3) is 5.57 Å². The van der Waals surface area contributed by atoms with E-state index in [0.29, 0.717) is 12.8 Å². The highest BCUT2D eigenvalue weighted by Gasteiger charge is 2.15. The number of hydrogen-bond acceptors (Lipinski definition) is 3. The Balaban J connectivity index is 1.60. The molecule has 2 aromatic carbocycles. The summed E-state index contributed by atoms with van der Waals surface area (Å²) in [5, 5.41) is 0. The van der Waals surface area contributed by atoms with E-state index in [1.807, 2.05) is 36.4 Å². The molecule has 0 saturated heterocycles. The molecule has 3 rings (SSSR count). The summed E-state index contributed by atoms with van der Waals surface area (Å²) in [5.41, 5.74) is 4.67. The average molecular weight is 389 g/mol. The van der Waals surface area contributed by atoms with Crippen LogP contribution in [-0.4, -0.2) is 19.2 Å². The van der Waals surface area contributed by atoms with Crippen molar-refractivity contribution in [2.45, 2.75) is 38.2 Å². The van der Waals surface area contributed by atoms with E-state index in [2.05, 4.69) is 43.0 Å². The van der Waals surface area contributed by atoms with Crippen molar-refractivity contribution in [3.63, 3.8) is 0 Å². The lowest BCUT2D eigenvalue weighted by atomic mass is 9.98. The molecule has 1 aliphatic rings. The summed E-state index contributed by atoms with van der Waals surface area (Å²) in [7, 11) is 1.41. The molecule has 0 spiro atoms. The van der Waals surface area contributed by atoms with Crippen molar-refractivity contribution in [3.8, 4) is 5.75 Å². The van der Waals surface area contributed by atoms with E-state index in [1.165, 1.54) is 18.2 Å². The van der Waals surface area contributed by atoms with E-state index in [4.69, 9.17) is 9.47 Å². The summed E-state index contributed by atoms with van der Waals surface area (Å²) in [5.74, 6) is 0.629. The smallest absolute Gasteiger partial charge is 0.305 e. The first kappa shape index (κ1) is 20.7. The van der Waals surface area contributed by atoms with Crippen molar-refractivity contribution in [2.75, 3.05) is 7.11 Å². The van der Waals surface area contributed by atoms with Gasteiger partial charge in [-0.25, -0.2) is 0 Å². The van der Waals surface area contributed by atoms with Gasteiger partial charge in [-0.3, -0.25) is 4.79 Å². The number of ether oxygens (including phenoxy) is 2. The zero-order chi connectivity index (χ0) is 20.5. The van der Waals surface area contributed by atoms with Gasteiger partial charge in [-0.1, -0.05) is 67.3 Å². The first-order valence-corrected chi connectivity index (χ1v) is 10.1. The molecule has 0 radical (unpaired) electrons. The van der Waals surface area contributed by atoms with Gasteiger partial charge in [0.05, 0.1) is 7.11 Å². The summed E-state index contributed by atoms with van der Waals surface area (Å²) in [6.45, 7) is 4.22. The molecule has 0 fully saturated rings. The van der Waals surface area contributed by atoms with Gasteiger partial charge in [0.25, 0.3) is 0 Å². The van der Waals surface area contributed by atoms with E-state index in [-0.39, 0.29) is 12.1 Å². The number of hydrogen-bond donors (Lipinski definition) is 0. The van der Waals surface area contributed by atoms with Crippen molar-refractivity contribution < 1.29 is 14.3 Å². The molecule has 1 aliphatic carbocycles. The van der Waals surface area contributed by atoms with Crippen LogP contribution in [0.15, 0.2) is 85.0 Å². The minimum Gasteiger partial charge on any atom is -0.486 e. The number of carbonyl (C=O) groups excluding carboxylic acids is 1. The fraction of sp³-hybridized carbons (Fsp3) is 0.269. The predicted octanol–water partition coefficient (Wildman–Crippen LogP) is 5.92. The van der Waals surface area contributed by atoms with Crippen molar-refractivity contribution in [1.82, 2.24) is 0 Å². The lowest BCUT2D eigenvalue weighted by Gasteiger charge is -2.20. The van der Waals surface area contributed by atoms with Crippen molar-refractivity contribution in [2.24, 2.45) is 0 Å². The highest BCUT2D eigenvalue weighted by molar-refractivity contribution is 5.69. The second kappa shape index (κ2) is 10.5. The van der Waals surface area contributed by atoms with Gasteiger partial charge in [-0.05, 0) is 60.1 Å². The van der Waals surface area contributed by atoms with E-state index >= 15 is 0 Å². The highest BCUT2D eigenvalue weighted by atomic mass is 16.5. The van der Waals surface area contributed by atoms with Crippen LogP contribution < -0.4 is 4.74 Å². The Hall–Kier alpha value is -3.07. The van der Waals surface area contributed by atoms with Gasteiger partial charge in [0.1, 0.15) is 11.9 Å². The third-order valence-corrected chi connectivity index (χ3v) is 5.13. The predicted molar refractivity (Wildman–Crippen MR) is 118 cm³/mol. The maximum Gasteiger partial charge on any atom is 0.305 e. The van der Waals surface area contributed by atoms with Crippen molar-refractivity contribution in [3.05, 3.63) is 96.1 Å². The largest absolute Gasteiger partial charge is 0.486 e. The Labute approximate surface area is 173 Å². The summed E-state index contributed by atoms with van der Waals surface area (Å²) < 4.78 is 10.9. The van der Waals surface area contributed by atoms with Crippen LogP contribution in [-0.2, 0) is 16.0 Å². The molecule has 0 bridgehead atoms. The van der Waals surface area contributed by atoms with Gasteiger partial charge in [0.2, 0.25) is 0 Å². The summed E-state index contributed by atoms with van der Waals surface area (Å²) in [6.07, 6.45) is 10.3. The van der Waals surface area contributed by atoms with Crippen LogP contribution in [0.3, 0.4) is 0 Å².